The molecule has 0 saturated heterocycles. The number of nitrogens with zero attached hydrogens (tertiary/aromatic N) is 3. The Bertz CT molecular complexity index is 681. The van der Waals surface area contributed by atoms with E-state index >= 15 is 0 Å². The number of aryl methyl sites for hydroxylation is 2. The molecule has 0 radical (unpaired) electrons. The topological polar surface area (TPSA) is 62.7 Å². The second-order valence-corrected chi connectivity index (χ2v) is 7.32. The molecule has 0 aromatic carbocycles. The lowest BCUT2D eigenvalue weighted by Crippen LogP contribution is -2.19. The van der Waals surface area contributed by atoms with Crippen LogP contribution in [0.5, 0.6) is 0 Å². The van der Waals surface area contributed by atoms with Crippen molar-refractivity contribution in [3.8, 4) is 0 Å². The highest BCUT2D eigenvalue weighted by Gasteiger charge is 2.25. The maximum atomic E-state index is 4.76. The van der Waals surface area contributed by atoms with Crippen molar-refractivity contribution >= 4 is 17.2 Å². The van der Waals surface area contributed by atoms with E-state index in [-0.39, 0.29) is 0 Å². The number of thiazole rings is 1. The van der Waals surface area contributed by atoms with Crippen molar-refractivity contribution in [2.75, 3.05) is 18.4 Å². The fourth-order valence-corrected chi connectivity index (χ4v) is 4.48. The Morgan fingerprint density at radius 3 is 3.09 bits per heavy atom. The lowest BCUT2D eigenvalue weighted by atomic mass is 9.97. The number of hydrogen-bond donors (Lipinski definition) is 2. The van der Waals surface area contributed by atoms with Gasteiger partial charge in [-0.1, -0.05) is 0 Å². The number of anilines is 1. The van der Waals surface area contributed by atoms with Gasteiger partial charge in [0.15, 0.2) is 0 Å². The van der Waals surface area contributed by atoms with Crippen molar-refractivity contribution in [2.24, 2.45) is 0 Å². The van der Waals surface area contributed by atoms with Crippen LogP contribution >= 0.6 is 11.3 Å². The van der Waals surface area contributed by atoms with E-state index in [0.717, 1.165) is 38.2 Å². The number of aromatic nitrogens is 3. The molecule has 1 atom stereocenters. The first-order chi connectivity index (χ1) is 10.8. The molecular formula is C16H21N5S. The van der Waals surface area contributed by atoms with Gasteiger partial charge in [-0.25, -0.2) is 15.0 Å². The van der Waals surface area contributed by atoms with Gasteiger partial charge in [0.1, 0.15) is 12.1 Å². The van der Waals surface area contributed by atoms with Gasteiger partial charge in [-0.05, 0) is 39.2 Å². The fourth-order valence-electron chi connectivity index (χ4n) is 3.44. The Morgan fingerprint density at radius 2 is 2.14 bits per heavy atom. The minimum absolute atomic E-state index is 0.295. The van der Waals surface area contributed by atoms with Crippen molar-refractivity contribution in [3.63, 3.8) is 0 Å². The maximum absolute atomic E-state index is 4.76. The summed E-state index contributed by atoms with van der Waals surface area (Å²) in [5.41, 5.74) is 3.72. The lowest BCUT2D eigenvalue weighted by molar-refractivity contribution is 0.590. The van der Waals surface area contributed by atoms with Crippen LogP contribution < -0.4 is 10.6 Å². The minimum atomic E-state index is 0.295. The van der Waals surface area contributed by atoms with Crippen molar-refractivity contribution in [1.29, 1.82) is 0 Å². The van der Waals surface area contributed by atoms with E-state index in [1.54, 1.807) is 6.33 Å². The summed E-state index contributed by atoms with van der Waals surface area (Å²) in [6.45, 7) is 4.10. The third-order valence-electron chi connectivity index (χ3n) is 4.50. The second kappa shape index (κ2) is 5.93. The van der Waals surface area contributed by atoms with E-state index in [1.165, 1.54) is 39.7 Å². The summed E-state index contributed by atoms with van der Waals surface area (Å²) in [5, 5.41) is 8.28. The zero-order valence-electron chi connectivity index (χ0n) is 12.9. The van der Waals surface area contributed by atoms with Crippen LogP contribution in [0.2, 0.25) is 0 Å². The number of fused-ring (bicyclic) bond motifs is 2. The standard InChI is InChI=1S/C16H21N5S/c1-10-20-15-13(3-2-4-14(15)22-10)21-16-11-5-7-17-8-6-12(11)18-9-19-16/h9,13,17H,2-8H2,1H3,(H,18,19,21)/t13-/m0/s1. The highest BCUT2D eigenvalue weighted by molar-refractivity contribution is 7.11. The zero-order chi connectivity index (χ0) is 14.9. The van der Waals surface area contributed by atoms with E-state index in [9.17, 15) is 0 Å². The normalized spacial score (nSPS) is 20.9. The van der Waals surface area contributed by atoms with Gasteiger partial charge in [0, 0.05) is 23.4 Å². The maximum Gasteiger partial charge on any atom is 0.133 e. The van der Waals surface area contributed by atoms with E-state index in [2.05, 4.69) is 27.5 Å². The van der Waals surface area contributed by atoms with Crippen LogP contribution in [0.3, 0.4) is 0 Å². The molecule has 0 fully saturated rings. The average Bonchev–Trinajstić information content (AvgIpc) is 2.75. The van der Waals surface area contributed by atoms with Gasteiger partial charge in [0.05, 0.1) is 22.4 Å². The Hall–Kier alpha value is -1.53. The summed E-state index contributed by atoms with van der Waals surface area (Å²) in [6, 6.07) is 0.295. The van der Waals surface area contributed by atoms with Crippen LogP contribution in [-0.2, 0) is 19.3 Å². The number of hydrogen-bond acceptors (Lipinski definition) is 6. The molecule has 22 heavy (non-hydrogen) atoms. The molecule has 3 heterocycles. The van der Waals surface area contributed by atoms with Gasteiger partial charge in [-0.2, -0.15) is 0 Å². The van der Waals surface area contributed by atoms with Gasteiger partial charge in [-0.15, -0.1) is 11.3 Å². The van der Waals surface area contributed by atoms with E-state index in [0.29, 0.717) is 6.04 Å². The summed E-state index contributed by atoms with van der Waals surface area (Å²) in [6.07, 6.45) is 7.20. The molecule has 2 N–H and O–H groups in total. The van der Waals surface area contributed by atoms with Gasteiger partial charge < -0.3 is 10.6 Å². The predicted molar refractivity (Wildman–Crippen MR) is 88.5 cm³/mol. The van der Waals surface area contributed by atoms with E-state index in [1.807, 2.05) is 11.3 Å². The largest absolute Gasteiger partial charge is 0.361 e. The molecule has 4 rings (SSSR count). The lowest BCUT2D eigenvalue weighted by Gasteiger charge is -2.24. The zero-order valence-corrected chi connectivity index (χ0v) is 13.7. The monoisotopic (exact) mass is 315 g/mol. The molecule has 2 aromatic rings. The summed E-state index contributed by atoms with van der Waals surface area (Å²) in [5.74, 6) is 1.01. The molecule has 2 aromatic heterocycles. The molecule has 116 valence electrons. The highest BCUT2D eigenvalue weighted by Crippen LogP contribution is 2.35. The average molecular weight is 315 g/mol. The summed E-state index contributed by atoms with van der Waals surface area (Å²) >= 11 is 1.84. The first-order valence-electron chi connectivity index (χ1n) is 8.07. The van der Waals surface area contributed by atoms with Gasteiger partial charge in [0.25, 0.3) is 0 Å². The Kier molecular flexibility index (Phi) is 3.80. The Balaban J connectivity index is 1.65. The third-order valence-corrected chi connectivity index (χ3v) is 5.54. The van der Waals surface area contributed by atoms with E-state index in [4.69, 9.17) is 4.98 Å². The van der Waals surface area contributed by atoms with Gasteiger partial charge in [0.2, 0.25) is 0 Å². The van der Waals surface area contributed by atoms with Crippen LogP contribution in [0.15, 0.2) is 6.33 Å². The quantitative estimate of drug-likeness (QED) is 0.891. The number of rotatable bonds is 2. The van der Waals surface area contributed by atoms with Gasteiger partial charge in [-0.3, -0.25) is 0 Å². The van der Waals surface area contributed by atoms with Crippen LogP contribution in [0.1, 0.15) is 45.7 Å². The molecule has 1 aliphatic heterocycles. The SMILES string of the molecule is Cc1nc2c(s1)CCC[C@@H]2Nc1ncnc2c1CCNCC2. The first-order valence-corrected chi connectivity index (χ1v) is 8.89. The smallest absolute Gasteiger partial charge is 0.133 e. The van der Waals surface area contributed by atoms with Crippen molar-refractivity contribution in [1.82, 2.24) is 20.3 Å². The van der Waals surface area contributed by atoms with Crippen LogP contribution in [0.25, 0.3) is 0 Å². The Labute approximate surface area is 134 Å². The van der Waals surface area contributed by atoms with E-state index < -0.39 is 0 Å². The van der Waals surface area contributed by atoms with Crippen LogP contribution in [-0.4, -0.2) is 28.0 Å². The molecule has 5 nitrogen and oxygen atoms in total. The summed E-state index contributed by atoms with van der Waals surface area (Å²) in [7, 11) is 0. The van der Waals surface area contributed by atoms with Crippen LogP contribution in [0.4, 0.5) is 5.82 Å². The molecular weight excluding hydrogens is 294 g/mol. The van der Waals surface area contributed by atoms with Crippen molar-refractivity contribution in [3.05, 3.63) is 33.2 Å². The predicted octanol–water partition coefficient (Wildman–Crippen LogP) is 2.42. The second-order valence-electron chi connectivity index (χ2n) is 6.03. The molecule has 0 saturated carbocycles. The van der Waals surface area contributed by atoms with Crippen molar-refractivity contribution in [2.45, 2.75) is 45.1 Å². The fraction of sp³-hybridized carbons (Fsp3) is 0.562. The third kappa shape index (κ3) is 2.61. The minimum Gasteiger partial charge on any atom is -0.361 e. The molecule has 1 aliphatic carbocycles. The summed E-state index contributed by atoms with van der Waals surface area (Å²) in [4.78, 5) is 15.2. The van der Waals surface area contributed by atoms with Gasteiger partial charge >= 0.3 is 0 Å². The first kappa shape index (κ1) is 14.1. The molecule has 2 aliphatic rings. The Morgan fingerprint density at radius 1 is 1.23 bits per heavy atom. The molecule has 0 amide bonds. The van der Waals surface area contributed by atoms with Crippen LogP contribution in [0, 0.1) is 6.92 Å². The highest BCUT2D eigenvalue weighted by atomic mass is 32.1. The molecule has 0 spiro atoms. The summed E-state index contributed by atoms with van der Waals surface area (Å²) < 4.78 is 0. The molecule has 0 bridgehead atoms. The molecule has 0 unspecified atom stereocenters. The number of nitrogens with one attached hydrogen (secondary N) is 2. The van der Waals surface area contributed by atoms with Crippen molar-refractivity contribution < 1.29 is 0 Å². The molecule has 6 heteroatoms.